The topological polar surface area (TPSA) is 67.9 Å². The molecule has 6 nitrogen and oxygen atoms in total. The largest absolute Gasteiger partial charge is 0.488 e. The maximum atomic E-state index is 13.6. The van der Waals surface area contributed by atoms with Gasteiger partial charge in [-0.2, -0.15) is 0 Å². The van der Waals surface area contributed by atoms with E-state index in [0.717, 1.165) is 31.5 Å². The van der Waals surface area contributed by atoms with E-state index in [0.29, 0.717) is 40.9 Å². The van der Waals surface area contributed by atoms with Gasteiger partial charge in [-0.3, -0.25) is 4.79 Å². The number of halogens is 2. The summed E-state index contributed by atoms with van der Waals surface area (Å²) < 4.78 is 11.2. The Labute approximate surface area is 197 Å². The molecule has 4 rings (SSSR count). The number of rotatable bonds is 5. The number of hydrogen-bond acceptors (Lipinski definition) is 5. The summed E-state index contributed by atoms with van der Waals surface area (Å²) in [5.74, 6) is 0.0467. The molecule has 2 aromatic carbocycles. The number of carbonyl (C=O) groups excluding carboxylic acids is 2. The predicted octanol–water partition coefficient (Wildman–Crippen LogP) is 4.33. The van der Waals surface area contributed by atoms with E-state index in [-0.39, 0.29) is 12.0 Å². The number of ether oxygens (including phenoxy) is 2. The highest BCUT2D eigenvalue weighted by atomic mass is 35.5. The van der Waals surface area contributed by atoms with E-state index < -0.39 is 11.4 Å². The van der Waals surface area contributed by atoms with Crippen molar-refractivity contribution in [3.63, 3.8) is 0 Å². The van der Waals surface area contributed by atoms with Crippen molar-refractivity contribution in [2.45, 2.75) is 31.9 Å². The molecule has 1 atom stereocenters. The van der Waals surface area contributed by atoms with Crippen LogP contribution in [0.3, 0.4) is 0 Å². The van der Waals surface area contributed by atoms with Crippen molar-refractivity contribution in [2.24, 2.45) is 5.41 Å². The molecule has 2 aliphatic heterocycles. The molecule has 0 aromatic heterocycles. The minimum Gasteiger partial charge on any atom is -0.488 e. The van der Waals surface area contributed by atoms with Crippen molar-refractivity contribution in [1.82, 2.24) is 10.2 Å². The molecule has 2 saturated heterocycles. The second kappa shape index (κ2) is 9.69. The van der Waals surface area contributed by atoms with Gasteiger partial charge in [-0.15, -0.1) is 0 Å². The summed E-state index contributed by atoms with van der Waals surface area (Å²) in [6.45, 7) is 2.48. The Morgan fingerprint density at radius 1 is 1.12 bits per heavy atom. The zero-order valence-electron chi connectivity index (χ0n) is 17.9. The van der Waals surface area contributed by atoms with Gasteiger partial charge in [-0.05, 0) is 61.8 Å². The van der Waals surface area contributed by atoms with Crippen LogP contribution in [0.4, 0.5) is 0 Å². The number of amides is 1. The van der Waals surface area contributed by atoms with E-state index in [1.54, 1.807) is 18.2 Å². The Hall–Kier alpha value is -2.28. The number of carbonyl (C=O) groups is 2. The molecule has 2 aliphatic rings. The van der Waals surface area contributed by atoms with Crippen LogP contribution in [0.1, 0.15) is 35.2 Å². The van der Waals surface area contributed by atoms with Crippen molar-refractivity contribution in [3.8, 4) is 5.75 Å². The van der Waals surface area contributed by atoms with Gasteiger partial charge in [0.05, 0.1) is 19.1 Å². The number of hydrogen-bond donors (Lipinski definition) is 1. The lowest BCUT2D eigenvalue weighted by atomic mass is 9.71. The van der Waals surface area contributed by atoms with E-state index in [1.807, 2.05) is 29.2 Å². The standard InChI is InChI=1S/C24H26Cl2N2O4/c1-31-22(29)20-7-6-18(26)12-21(20)32-19-13-24(8-10-27-11-9-24)23(30)28(15-19)14-16-2-4-17(25)5-3-16/h2-7,12,19,27H,8-11,13-15H2,1H3. The molecule has 0 saturated carbocycles. The van der Waals surface area contributed by atoms with Gasteiger partial charge in [0.1, 0.15) is 17.4 Å². The first-order chi connectivity index (χ1) is 15.4. The molecule has 2 fully saturated rings. The number of piperidine rings is 2. The summed E-state index contributed by atoms with van der Waals surface area (Å²) in [5.41, 5.74) is 0.841. The van der Waals surface area contributed by atoms with Crippen LogP contribution in [0.2, 0.25) is 10.0 Å². The molecular weight excluding hydrogens is 451 g/mol. The van der Waals surface area contributed by atoms with Gasteiger partial charge in [0.25, 0.3) is 0 Å². The smallest absolute Gasteiger partial charge is 0.341 e. The van der Waals surface area contributed by atoms with Gasteiger partial charge < -0.3 is 19.7 Å². The first-order valence-electron chi connectivity index (χ1n) is 10.7. The number of esters is 1. The summed E-state index contributed by atoms with van der Waals surface area (Å²) in [6.07, 6.45) is 1.82. The molecule has 8 heteroatoms. The van der Waals surface area contributed by atoms with Crippen molar-refractivity contribution in [3.05, 3.63) is 63.6 Å². The van der Waals surface area contributed by atoms with Crippen LogP contribution in [0.5, 0.6) is 5.75 Å². The summed E-state index contributed by atoms with van der Waals surface area (Å²) >= 11 is 12.2. The lowest BCUT2D eigenvalue weighted by molar-refractivity contribution is -0.154. The molecule has 1 spiro atoms. The van der Waals surface area contributed by atoms with Gasteiger partial charge >= 0.3 is 5.97 Å². The Morgan fingerprint density at radius 3 is 2.50 bits per heavy atom. The van der Waals surface area contributed by atoms with Crippen LogP contribution in [0.15, 0.2) is 42.5 Å². The van der Waals surface area contributed by atoms with E-state index in [1.165, 1.54) is 7.11 Å². The minimum absolute atomic E-state index is 0.160. The van der Waals surface area contributed by atoms with Crippen LogP contribution >= 0.6 is 23.2 Å². The zero-order valence-corrected chi connectivity index (χ0v) is 19.4. The van der Waals surface area contributed by atoms with Crippen LogP contribution in [0.25, 0.3) is 0 Å². The highest BCUT2D eigenvalue weighted by Gasteiger charge is 2.48. The second-order valence-electron chi connectivity index (χ2n) is 8.42. The van der Waals surface area contributed by atoms with Crippen LogP contribution in [-0.2, 0) is 16.1 Å². The quantitative estimate of drug-likeness (QED) is 0.650. The molecule has 170 valence electrons. The van der Waals surface area contributed by atoms with Crippen molar-refractivity contribution in [1.29, 1.82) is 0 Å². The van der Waals surface area contributed by atoms with Gasteiger partial charge in [0.2, 0.25) is 5.91 Å². The molecule has 0 aliphatic carbocycles. The second-order valence-corrected chi connectivity index (χ2v) is 9.29. The van der Waals surface area contributed by atoms with Crippen molar-refractivity contribution >= 4 is 35.1 Å². The Balaban J connectivity index is 1.62. The monoisotopic (exact) mass is 476 g/mol. The molecule has 1 N–H and O–H groups in total. The van der Waals surface area contributed by atoms with Gasteiger partial charge in [0, 0.05) is 23.0 Å². The normalized spacial score (nSPS) is 20.3. The molecule has 0 bridgehead atoms. The maximum absolute atomic E-state index is 13.6. The van der Waals surface area contributed by atoms with Gasteiger partial charge in [0.15, 0.2) is 0 Å². The summed E-state index contributed by atoms with van der Waals surface area (Å²) in [7, 11) is 1.33. The number of benzene rings is 2. The van der Waals surface area contributed by atoms with Crippen molar-refractivity contribution < 1.29 is 19.1 Å². The average Bonchev–Trinajstić information content (AvgIpc) is 2.79. The third-order valence-corrected chi connectivity index (χ3v) is 6.76. The summed E-state index contributed by atoms with van der Waals surface area (Å²) in [4.78, 5) is 27.7. The molecule has 1 amide bonds. The molecular formula is C24H26Cl2N2O4. The Kier molecular flexibility index (Phi) is 6.93. The van der Waals surface area contributed by atoms with Crippen molar-refractivity contribution in [2.75, 3.05) is 26.7 Å². The van der Waals surface area contributed by atoms with Crippen LogP contribution in [0, 0.1) is 5.41 Å². The fourth-order valence-corrected chi connectivity index (χ4v) is 4.94. The Bertz CT molecular complexity index is 990. The Morgan fingerprint density at radius 2 is 1.81 bits per heavy atom. The number of nitrogens with one attached hydrogen (secondary N) is 1. The third kappa shape index (κ3) is 4.87. The average molecular weight is 477 g/mol. The zero-order chi connectivity index (χ0) is 22.7. The number of nitrogens with zero attached hydrogens (tertiary/aromatic N) is 1. The lowest BCUT2D eigenvalue weighted by Crippen LogP contribution is -2.57. The first kappa shape index (κ1) is 22.9. The van der Waals surface area contributed by atoms with Gasteiger partial charge in [-0.25, -0.2) is 4.79 Å². The van der Waals surface area contributed by atoms with E-state index >= 15 is 0 Å². The van der Waals surface area contributed by atoms with E-state index in [9.17, 15) is 9.59 Å². The van der Waals surface area contributed by atoms with Crippen LogP contribution < -0.4 is 10.1 Å². The van der Waals surface area contributed by atoms with Crippen LogP contribution in [-0.4, -0.2) is 49.6 Å². The predicted molar refractivity (Wildman–Crippen MR) is 123 cm³/mol. The van der Waals surface area contributed by atoms with Gasteiger partial charge in [-0.1, -0.05) is 35.3 Å². The SMILES string of the molecule is COC(=O)c1ccc(Cl)cc1OC1CN(Cc2ccc(Cl)cc2)C(=O)C2(CCNCC2)C1. The number of likely N-dealkylation sites (tertiary alicyclic amines) is 1. The number of methoxy groups -OCH3 is 1. The molecule has 2 heterocycles. The van der Waals surface area contributed by atoms with E-state index in [2.05, 4.69) is 5.32 Å². The maximum Gasteiger partial charge on any atom is 0.341 e. The highest BCUT2D eigenvalue weighted by molar-refractivity contribution is 6.31. The third-order valence-electron chi connectivity index (χ3n) is 6.27. The fourth-order valence-electron chi connectivity index (χ4n) is 4.65. The minimum atomic E-state index is -0.488. The van der Waals surface area contributed by atoms with E-state index in [4.69, 9.17) is 32.7 Å². The first-order valence-corrected chi connectivity index (χ1v) is 11.4. The summed E-state index contributed by atoms with van der Waals surface area (Å²) in [6, 6.07) is 12.4. The molecule has 0 radical (unpaired) electrons. The summed E-state index contributed by atoms with van der Waals surface area (Å²) in [5, 5.41) is 4.47. The molecule has 1 unspecified atom stereocenters. The lowest BCUT2D eigenvalue weighted by Gasteiger charge is -2.47. The molecule has 2 aromatic rings. The molecule has 32 heavy (non-hydrogen) atoms. The highest BCUT2D eigenvalue weighted by Crippen LogP contribution is 2.41. The fraction of sp³-hybridized carbons (Fsp3) is 0.417.